The van der Waals surface area contributed by atoms with Crippen molar-refractivity contribution >= 4 is 29.2 Å². The van der Waals surface area contributed by atoms with Gasteiger partial charge < -0.3 is 15.5 Å². The van der Waals surface area contributed by atoms with Gasteiger partial charge in [0, 0.05) is 13.1 Å². The molecule has 1 aliphatic heterocycles. The molecule has 0 bridgehead atoms. The lowest BCUT2D eigenvalue weighted by Gasteiger charge is -2.35. The second-order valence-corrected chi connectivity index (χ2v) is 7.93. The lowest BCUT2D eigenvalue weighted by atomic mass is 10.1. The smallest absolute Gasteiger partial charge is 0.322 e. The summed E-state index contributed by atoms with van der Waals surface area (Å²) in [7, 11) is 0. The molecule has 8 nitrogen and oxygen atoms in total. The number of hydrogen-bond donors (Lipinski definition) is 2. The summed E-state index contributed by atoms with van der Waals surface area (Å²) in [5.41, 5.74) is 2.14. The third kappa shape index (κ3) is 6.55. The highest BCUT2D eigenvalue weighted by molar-refractivity contribution is 6.12. The molecule has 0 unspecified atom stereocenters. The van der Waals surface area contributed by atoms with Crippen LogP contribution in [0.1, 0.15) is 25.8 Å². The Labute approximate surface area is 195 Å². The van der Waals surface area contributed by atoms with Crippen LogP contribution in [0.5, 0.6) is 0 Å². The van der Waals surface area contributed by atoms with E-state index < -0.39 is 0 Å². The minimum Gasteiger partial charge on any atom is -0.355 e. The number of benzene rings is 2. The van der Waals surface area contributed by atoms with Gasteiger partial charge in [-0.2, -0.15) is 0 Å². The average molecular weight is 452 g/mol. The summed E-state index contributed by atoms with van der Waals surface area (Å²) in [6.07, 6.45) is 0.854. The fraction of sp³-hybridized carbons (Fsp3) is 0.400. The summed E-state index contributed by atoms with van der Waals surface area (Å²) in [4.78, 5) is 43.4. The topological polar surface area (TPSA) is 85.0 Å². The Morgan fingerprint density at radius 3 is 2.30 bits per heavy atom. The summed E-state index contributed by atoms with van der Waals surface area (Å²) in [5, 5.41) is 5.78. The van der Waals surface area contributed by atoms with Crippen LogP contribution in [0.4, 0.5) is 16.2 Å². The van der Waals surface area contributed by atoms with E-state index in [9.17, 15) is 14.4 Å². The molecule has 0 spiro atoms. The van der Waals surface area contributed by atoms with Crippen LogP contribution in [-0.2, 0) is 16.1 Å². The molecule has 176 valence electrons. The Hall–Kier alpha value is -3.39. The van der Waals surface area contributed by atoms with Gasteiger partial charge in [0.1, 0.15) is 13.1 Å². The van der Waals surface area contributed by atoms with E-state index in [1.807, 2.05) is 36.4 Å². The number of anilines is 2. The Bertz CT molecular complexity index is 946. The van der Waals surface area contributed by atoms with Gasteiger partial charge in [0.05, 0.1) is 11.4 Å². The molecule has 4 amide bonds. The summed E-state index contributed by atoms with van der Waals surface area (Å²) in [5.74, 6) is -0.499. The van der Waals surface area contributed by atoms with Gasteiger partial charge in [-0.3, -0.25) is 19.4 Å². The molecule has 0 saturated heterocycles. The van der Waals surface area contributed by atoms with Gasteiger partial charge >= 0.3 is 6.03 Å². The van der Waals surface area contributed by atoms with E-state index in [4.69, 9.17) is 0 Å². The molecule has 2 aromatic carbocycles. The molecule has 2 N–H and O–H groups in total. The van der Waals surface area contributed by atoms with Crippen LogP contribution in [-0.4, -0.2) is 62.0 Å². The van der Waals surface area contributed by atoms with Gasteiger partial charge in [0.25, 0.3) is 0 Å². The molecule has 0 fully saturated rings. The van der Waals surface area contributed by atoms with Crippen molar-refractivity contribution in [2.24, 2.45) is 0 Å². The van der Waals surface area contributed by atoms with Crippen molar-refractivity contribution in [2.75, 3.05) is 49.1 Å². The van der Waals surface area contributed by atoms with E-state index in [2.05, 4.69) is 29.4 Å². The molecule has 1 aliphatic rings. The number of para-hydroxylation sites is 2. The predicted molar refractivity (Wildman–Crippen MR) is 130 cm³/mol. The Kier molecular flexibility index (Phi) is 8.83. The molecule has 0 aliphatic carbocycles. The van der Waals surface area contributed by atoms with E-state index >= 15 is 0 Å². The third-order valence-corrected chi connectivity index (χ3v) is 5.76. The van der Waals surface area contributed by atoms with Crippen LogP contribution in [0.15, 0.2) is 54.6 Å². The minimum atomic E-state index is -0.347. The highest BCUT2D eigenvalue weighted by atomic mass is 16.2. The fourth-order valence-corrected chi connectivity index (χ4v) is 3.85. The fourth-order valence-electron chi connectivity index (χ4n) is 3.85. The zero-order chi connectivity index (χ0) is 23.6. The number of rotatable bonds is 10. The summed E-state index contributed by atoms with van der Waals surface area (Å²) in [6, 6.07) is 16.4. The number of hydrogen-bond acceptors (Lipinski definition) is 4. The molecular weight excluding hydrogens is 418 g/mol. The zero-order valence-corrected chi connectivity index (χ0v) is 19.4. The maximum absolute atomic E-state index is 12.9. The van der Waals surface area contributed by atoms with Crippen molar-refractivity contribution in [1.29, 1.82) is 0 Å². The first kappa shape index (κ1) is 24.3. The van der Waals surface area contributed by atoms with Crippen LogP contribution < -0.4 is 20.4 Å². The Balaban J connectivity index is 1.60. The number of carbonyl (C=O) groups excluding carboxylic acids is 3. The molecule has 0 radical (unpaired) electrons. The van der Waals surface area contributed by atoms with Crippen molar-refractivity contribution in [2.45, 2.75) is 26.8 Å². The van der Waals surface area contributed by atoms with Gasteiger partial charge in [-0.15, -0.1) is 0 Å². The second kappa shape index (κ2) is 12.0. The quantitative estimate of drug-likeness (QED) is 0.544. The highest BCUT2D eigenvalue weighted by Gasteiger charge is 2.33. The number of urea groups is 1. The van der Waals surface area contributed by atoms with Crippen LogP contribution in [0.3, 0.4) is 0 Å². The van der Waals surface area contributed by atoms with E-state index in [0.717, 1.165) is 31.6 Å². The van der Waals surface area contributed by atoms with Crippen molar-refractivity contribution in [3.63, 3.8) is 0 Å². The number of fused-ring (bicyclic) bond motifs is 1. The summed E-state index contributed by atoms with van der Waals surface area (Å²) < 4.78 is 0. The average Bonchev–Trinajstić information content (AvgIpc) is 2.85. The van der Waals surface area contributed by atoms with Crippen molar-refractivity contribution < 1.29 is 14.4 Å². The second-order valence-electron chi connectivity index (χ2n) is 7.93. The first-order valence-electron chi connectivity index (χ1n) is 11.5. The standard InChI is InChI=1S/C25H33N5O3/c1-3-28(4-2)16-10-15-26-23(31)18-29-21-13-8-9-14-22(21)30(19-24(29)32)25(33)27-17-20-11-6-5-7-12-20/h5-9,11-14H,3-4,10,15-19H2,1-2H3,(H,26,31)(H,27,33). The van der Waals surface area contributed by atoms with E-state index in [1.54, 1.807) is 18.2 Å². The zero-order valence-electron chi connectivity index (χ0n) is 19.4. The lowest BCUT2D eigenvalue weighted by Crippen LogP contribution is -2.53. The normalized spacial score (nSPS) is 13.1. The monoisotopic (exact) mass is 451 g/mol. The molecule has 0 saturated carbocycles. The Morgan fingerprint density at radius 2 is 1.61 bits per heavy atom. The number of carbonyl (C=O) groups is 3. The first-order chi connectivity index (χ1) is 16.0. The molecule has 3 rings (SSSR count). The third-order valence-electron chi connectivity index (χ3n) is 5.76. The molecule has 1 heterocycles. The lowest BCUT2D eigenvalue weighted by molar-refractivity contribution is -0.123. The number of nitrogens with one attached hydrogen (secondary N) is 2. The van der Waals surface area contributed by atoms with E-state index in [-0.39, 0.29) is 30.9 Å². The Morgan fingerprint density at radius 1 is 0.939 bits per heavy atom. The maximum Gasteiger partial charge on any atom is 0.322 e. The highest BCUT2D eigenvalue weighted by Crippen LogP contribution is 2.33. The minimum absolute atomic E-state index is 0.0689. The molecule has 2 aromatic rings. The molecule has 8 heteroatoms. The summed E-state index contributed by atoms with van der Waals surface area (Å²) in [6.45, 7) is 7.87. The molecule has 33 heavy (non-hydrogen) atoms. The summed E-state index contributed by atoms with van der Waals surface area (Å²) >= 11 is 0. The van der Waals surface area contributed by atoms with E-state index in [1.165, 1.54) is 9.80 Å². The van der Waals surface area contributed by atoms with Crippen molar-refractivity contribution in [1.82, 2.24) is 15.5 Å². The largest absolute Gasteiger partial charge is 0.355 e. The van der Waals surface area contributed by atoms with Crippen molar-refractivity contribution in [3.05, 3.63) is 60.2 Å². The van der Waals surface area contributed by atoms with Gasteiger partial charge in [-0.25, -0.2) is 4.79 Å². The van der Waals surface area contributed by atoms with Gasteiger partial charge in [0.2, 0.25) is 11.8 Å². The van der Waals surface area contributed by atoms with Crippen LogP contribution >= 0.6 is 0 Å². The predicted octanol–water partition coefficient (Wildman–Crippen LogP) is 2.60. The molecule has 0 atom stereocenters. The van der Waals surface area contributed by atoms with E-state index in [0.29, 0.717) is 24.5 Å². The first-order valence-corrected chi connectivity index (χ1v) is 11.5. The van der Waals surface area contributed by atoms with Crippen LogP contribution in [0.25, 0.3) is 0 Å². The molecular formula is C25H33N5O3. The van der Waals surface area contributed by atoms with Crippen LogP contribution in [0.2, 0.25) is 0 Å². The van der Waals surface area contributed by atoms with Gasteiger partial charge in [-0.05, 0) is 43.8 Å². The van der Waals surface area contributed by atoms with Crippen molar-refractivity contribution in [3.8, 4) is 0 Å². The SMILES string of the molecule is CCN(CC)CCCNC(=O)CN1C(=O)CN(C(=O)NCc2ccccc2)c2ccccc21. The van der Waals surface area contributed by atoms with Crippen LogP contribution in [0, 0.1) is 0 Å². The number of amides is 4. The van der Waals surface area contributed by atoms with Gasteiger partial charge in [-0.1, -0.05) is 56.3 Å². The molecule has 0 aromatic heterocycles. The maximum atomic E-state index is 12.9. The number of nitrogens with zero attached hydrogens (tertiary/aromatic N) is 3. The van der Waals surface area contributed by atoms with Gasteiger partial charge in [0.15, 0.2) is 0 Å².